The van der Waals surface area contributed by atoms with Gasteiger partial charge in [0.15, 0.2) is 0 Å². The van der Waals surface area contributed by atoms with Crippen molar-refractivity contribution in [3.05, 3.63) is 20.2 Å². The molecule has 6 unspecified atom stereocenters. The highest BCUT2D eigenvalue weighted by molar-refractivity contribution is 14.1. The molecule has 12 heteroatoms. The lowest BCUT2D eigenvalue weighted by molar-refractivity contribution is -0.527. The van der Waals surface area contributed by atoms with Crippen LogP contribution in [0.5, 0.6) is 0 Å². The van der Waals surface area contributed by atoms with Gasteiger partial charge in [0.2, 0.25) is 23.9 Å². The fourth-order valence-electron chi connectivity index (χ4n) is 4.44. The third kappa shape index (κ3) is 8.52. The molecule has 0 bridgehead atoms. The summed E-state index contributed by atoms with van der Waals surface area (Å²) >= 11 is 4.45. The van der Waals surface area contributed by atoms with Gasteiger partial charge in [-0.25, -0.2) is 0 Å². The molecule has 32 heavy (non-hydrogen) atoms. The summed E-state index contributed by atoms with van der Waals surface area (Å²) in [5.41, 5.74) is 0. The molecule has 6 atom stereocenters. The van der Waals surface area contributed by atoms with Crippen LogP contribution in [-0.2, 0) is 9.59 Å². The van der Waals surface area contributed by atoms with E-state index in [1.807, 2.05) is 0 Å². The van der Waals surface area contributed by atoms with Gasteiger partial charge in [-0.2, -0.15) is 0 Å². The van der Waals surface area contributed by atoms with Crippen molar-refractivity contribution in [3.8, 4) is 0 Å². The van der Waals surface area contributed by atoms with Gasteiger partial charge in [0.25, 0.3) is 0 Å². The van der Waals surface area contributed by atoms with E-state index in [1.54, 1.807) is 0 Å². The van der Waals surface area contributed by atoms with Gasteiger partial charge in [-0.05, 0) is 25.7 Å². The number of unbranched alkanes of at least 4 members (excludes halogenated alkanes) is 3. The molecule has 2 amide bonds. The van der Waals surface area contributed by atoms with Crippen molar-refractivity contribution in [3.63, 3.8) is 0 Å². The van der Waals surface area contributed by atoms with E-state index >= 15 is 0 Å². The highest BCUT2D eigenvalue weighted by Crippen LogP contribution is 2.33. The van der Waals surface area contributed by atoms with Gasteiger partial charge >= 0.3 is 0 Å². The molecule has 0 heterocycles. The van der Waals surface area contributed by atoms with Crippen LogP contribution in [0.25, 0.3) is 0 Å². The molecule has 2 fully saturated rings. The van der Waals surface area contributed by atoms with E-state index in [9.17, 15) is 29.8 Å². The molecule has 2 aliphatic rings. The van der Waals surface area contributed by atoms with Crippen LogP contribution in [0.3, 0.4) is 0 Å². The average molecular weight is 678 g/mol. The Labute approximate surface area is 215 Å². The molecular formula is C20H32I2N4O6. The molecule has 0 radical (unpaired) electrons. The summed E-state index contributed by atoms with van der Waals surface area (Å²) in [6, 6.07) is -1.23. The monoisotopic (exact) mass is 678 g/mol. The van der Waals surface area contributed by atoms with Crippen molar-refractivity contribution in [2.24, 2.45) is 11.8 Å². The second-order valence-corrected chi connectivity index (χ2v) is 11.9. The summed E-state index contributed by atoms with van der Waals surface area (Å²) in [4.78, 5) is 46.3. The predicted octanol–water partition coefficient (Wildman–Crippen LogP) is 3.28. The lowest BCUT2D eigenvalue weighted by atomic mass is 9.85. The van der Waals surface area contributed by atoms with Crippen molar-refractivity contribution in [1.82, 2.24) is 10.6 Å². The Hall–Kier alpha value is -0.800. The maximum absolute atomic E-state index is 12.4. The van der Waals surface area contributed by atoms with Gasteiger partial charge < -0.3 is 10.6 Å². The minimum Gasteiger partial charge on any atom is -0.356 e. The molecule has 2 saturated carbocycles. The van der Waals surface area contributed by atoms with E-state index in [4.69, 9.17) is 0 Å². The van der Waals surface area contributed by atoms with Crippen LogP contribution in [0.2, 0.25) is 0 Å². The van der Waals surface area contributed by atoms with E-state index < -0.39 is 12.1 Å². The number of rotatable bonds is 11. The summed E-state index contributed by atoms with van der Waals surface area (Å²) in [5.74, 6) is -0.771. The number of nitrogens with one attached hydrogen (secondary N) is 2. The first-order chi connectivity index (χ1) is 15.2. The SMILES string of the molecule is O=C(NCCCCCCNC(=O)C1CC([N+](=O)[O-])CCC1I)C1CC([N+](=O)[O-])CCC1I. The molecule has 0 aromatic rings. The van der Waals surface area contributed by atoms with Gasteiger partial charge in [0, 0.05) is 56.5 Å². The Morgan fingerprint density at radius 3 is 1.44 bits per heavy atom. The van der Waals surface area contributed by atoms with Gasteiger partial charge in [-0.15, -0.1) is 0 Å². The van der Waals surface area contributed by atoms with Crippen LogP contribution in [0, 0.1) is 32.1 Å². The highest BCUT2D eigenvalue weighted by Gasteiger charge is 2.39. The molecule has 0 aromatic carbocycles. The lowest BCUT2D eigenvalue weighted by Gasteiger charge is -2.28. The zero-order valence-corrected chi connectivity index (χ0v) is 22.4. The van der Waals surface area contributed by atoms with Gasteiger partial charge in [0.05, 0.1) is 11.8 Å². The second-order valence-electron chi connectivity index (χ2n) is 8.75. The Bertz CT molecular complexity index is 626. The molecule has 10 nitrogen and oxygen atoms in total. The second kappa shape index (κ2) is 13.8. The maximum atomic E-state index is 12.4. The Kier molecular flexibility index (Phi) is 11.8. The summed E-state index contributed by atoms with van der Waals surface area (Å²) in [6.07, 6.45) is 6.55. The molecule has 2 rings (SSSR count). The van der Waals surface area contributed by atoms with Crippen LogP contribution in [-0.4, -0.2) is 54.7 Å². The molecule has 182 valence electrons. The van der Waals surface area contributed by atoms with E-state index in [1.165, 1.54) is 0 Å². The summed E-state index contributed by atoms with van der Waals surface area (Å²) in [6.45, 7) is 1.10. The molecule has 0 aromatic heterocycles. The van der Waals surface area contributed by atoms with Crippen LogP contribution in [0.15, 0.2) is 0 Å². The minimum absolute atomic E-state index is 0.0860. The normalized spacial score (nSPS) is 30.3. The molecule has 2 aliphatic carbocycles. The number of nitro groups is 2. The topological polar surface area (TPSA) is 144 Å². The molecule has 0 spiro atoms. The fraction of sp³-hybridized carbons (Fsp3) is 0.900. The fourth-order valence-corrected chi connectivity index (χ4v) is 6.40. The van der Waals surface area contributed by atoms with Crippen molar-refractivity contribution in [1.29, 1.82) is 0 Å². The Morgan fingerprint density at radius 2 is 1.09 bits per heavy atom. The summed E-state index contributed by atoms with van der Waals surface area (Å²) < 4.78 is 0.277. The number of carbonyl (C=O) groups is 2. The molecular weight excluding hydrogens is 646 g/mol. The first kappa shape index (κ1) is 27.4. The lowest BCUT2D eigenvalue weighted by Crippen LogP contribution is -2.42. The zero-order valence-electron chi connectivity index (χ0n) is 18.0. The van der Waals surface area contributed by atoms with Crippen LogP contribution < -0.4 is 10.6 Å². The van der Waals surface area contributed by atoms with Gasteiger partial charge in [-0.1, -0.05) is 58.0 Å². The first-order valence-electron chi connectivity index (χ1n) is 11.3. The molecule has 2 N–H and O–H groups in total. The number of carbonyl (C=O) groups excluding carboxylic acids is 2. The van der Waals surface area contributed by atoms with Crippen molar-refractivity contribution >= 4 is 57.0 Å². The van der Waals surface area contributed by atoms with Crippen LogP contribution in [0.4, 0.5) is 0 Å². The Balaban J connectivity index is 1.55. The summed E-state index contributed by atoms with van der Waals surface area (Å²) in [5, 5.41) is 27.9. The van der Waals surface area contributed by atoms with E-state index in [2.05, 4.69) is 55.8 Å². The van der Waals surface area contributed by atoms with Gasteiger partial charge in [-0.3, -0.25) is 29.8 Å². The zero-order chi connectivity index (χ0) is 23.7. The number of nitrogens with zero attached hydrogens (tertiary/aromatic N) is 2. The number of hydrogen-bond acceptors (Lipinski definition) is 6. The van der Waals surface area contributed by atoms with Crippen molar-refractivity contribution in [2.75, 3.05) is 13.1 Å². The number of hydrogen-bond donors (Lipinski definition) is 2. The summed E-state index contributed by atoms with van der Waals surface area (Å²) in [7, 11) is 0. The standard InChI is InChI=1S/C20H32I2N4O6/c21-17-7-5-13(25(29)30)11-15(17)19(27)23-9-3-1-2-4-10-24-20(28)16-12-14(26(31)32)6-8-18(16)22/h13-18H,1-12H2,(H,23,27)(H,24,28). The highest BCUT2D eigenvalue weighted by atomic mass is 127. The largest absolute Gasteiger partial charge is 0.356 e. The third-order valence-electron chi connectivity index (χ3n) is 6.45. The number of alkyl halides is 2. The van der Waals surface area contributed by atoms with Crippen LogP contribution in [0.1, 0.15) is 64.2 Å². The number of halogens is 2. The quantitative estimate of drug-likeness (QED) is 0.113. The first-order valence-corrected chi connectivity index (χ1v) is 13.8. The maximum Gasteiger partial charge on any atom is 0.224 e. The number of amides is 2. The van der Waals surface area contributed by atoms with Gasteiger partial charge in [0.1, 0.15) is 0 Å². The van der Waals surface area contributed by atoms with E-state index in [0.717, 1.165) is 25.7 Å². The van der Waals surface area contributed by atoms with Crippen LogP contribution >= 0.6 is 45.2 Å². The molecule has 0 aliphatic heterocycles. The smallest absolute Gasteiger partial charge is 0.224 e. The molecule has 0 saturated heterocycles. The van der Waals surface area contributed by atoms with E-state index in [0.29, 0.717) is 51.6 Å². The minimum atomic E-state index is -0.617. The van der Waals surface area contributed by atoms with Crippen molar-refractivity contribution in [2.45, 2.75) is 84.1 Å². The Morgan fingerprint density at radius 1 is 0.719 bits per heavy atom. The predicted molar refractivity (Wildman–Crippen MR) is 136 cm³/mol. The third-order valence-corrected chi connectivity index (χ3v) is 9.43. The van der Waals surface area contributed by atoms with E-state index in [-0.39, 0.29) is 41.3 Å². The van der Waals surface area contributed by atoms with Crippen molar-refractivity contribution < 1.29 is 19.4 Å². The average Bonchev–Trinajstić information content (AvgIpc) is 2.75.